The summed E-state index contributed by atoms with van der Waals surface area (Å²) in [7, 11) is 0. The Balaban J connectivity index is 2.54. The van der Waals surface area contributed by atoms with Crippen molar-refractivity contribution in [1.29, 1.82) is 0 Å². The number of rotatable bonds is 1. The van der Waals surface area contributed by atoms with E-state index in [0.717, 1.165) is 11.1 Å². The normalized spacial score (nSPS) is 10.3. The minimum Gasteiger partial charge on any atom is -0.328 e. The second-order valence-electron chi connectivity index (χ2n) is 3.07. The van der Waals surface area contributed by atoms with E-state index in [1.807, 2.05) is 6.07 Å². The molecule has 0 bridgehead atoms. The number of nitrogens with one attached hydrogen (secondary N) is 1. The molecule has 2 aromatic rings. The minimum atomic E-state index is -0.135. The van der Waals surface area contributed by atoms with Gasteiger partial charge < -0.3 is 4.98 Å². The van der Waals surface area contributed by atoms with Crippen molar-refractivity contribution in [3.8, 4) is 11.1 Å². The molecule has 0 aliphatic carbocycles. The summed E-state index contributed by atoms with van der Waals surface area (Å²) in [6.45, 7) is 0. The van der Waals surface area contributed by atoms with Crippen LogP contribution in [-0.2, 0) is 0 Å². The SMILES string of the molecule is O=c1ccc(-c2ccc(Cl)cc2Cl)c[nH]1. The second kappa shape index (κ2) is 4.09. The van der Waals surface area contributed by atoms with Crippen molar-refractivity contribution >= 4 is 23.2 Å². The molecule has 0 atom stereocenters. The Morgan fingerprint density at radius 3 is 2.47 bits per heavy atom. The first-order valence-electron chi connectivity index (χ1n) is 4.31. The summed E-state index contributed by atoms with van der Waals surface area (Å²) in [6, 6.07) is 8.42. The fourth-order valence-electron chi connectivity index (χ4n) is 1.30. The number of aromatic nitrogens is 1. The summed E-state index contributed by atoms with van der Waals surface area (Å²) in [6.07, 6.45) is 1.62. The number of H-pyrrole nitrogens is 1. The van der Waals surface area contributed by atoms with Crippen LogP contribution in [0.15, 0.2) is 41.3 Å². The van der Waals surface area contributed by atoms with Gasteiger partial charge in [-0.25, -0.2) is 0 Å². The van der Waals surface area contributed by atoms with Crippen molar-refractivity contribution in [2.24, 2.45) is 0 Å². The third kappa shape index (κ3) is 2.22. The van der Waals surface area contributed by atoms with Gasteiger partial charge >= 0.3 is 0 Å². The summed E-state index contributed by atoms with van der Waals surface area (Å²) in [5.74, 6) is 0. The molecule has 1 aromatic carbocycles. The highest BCUT2D eigenvalue weighted by molar-refractivity contribution is 6.36. The van der Waals surface area contributed by atoms with E-state index in [1.54, 1.807) is 24.4 Å². The van der Waals surface area contributed by atoms with Crippen LogP contribution in [0, 0.1) is 0 Å². The summed E-state index contributed by atoms with van der Waals surface area (Å²) >= 11 is 11.8. The van der Waals surface area contributed by atoms with Gasteiger partial charge in [0.05, 0.1) is 0 Å². The third-order valence-corrected chi connectivity index (χ3v) is 2.57. The van der Waals surface area contributed by atoms with Crippen molar-refractivity contribution in [1.82, 2.24) is 4.98 Å². The van der Waals surface area contributed by atoms with Crippen LogP contribution in [0.1, 0.15) is 0 Å². The lowest BCUT2D eigenvalue weighted by molar-refractivity contribution is 1.24. The van der Waals surface area contributed by atoms with E-state index in [4.69, 9.17) is 23.2 Å². The van der Waals surface area contributed by atoms with E-state index in [2.05, 4.69) is 4.98 Å². The predicted octanol–water partition coefficient (Wildman–Crippen LogP) is 3.35. The van der Waals surface area contributed by atoms with Crippen LogP contribution < -0.4 is 5.56 Å². The molecule has 0 spiro atoms. The maximum atomic E-state index is 10.9. The zero-order valence-corrected chi connectivity index (χ0v) is 9.14. The highest BCUT2D eigenvalue weighted by atomic mass is 35.5. The lowest BCUT2D eigenvalue weighted by atomic mass is 10.1. The van der Waals surface area contributed by atoms with Gasteiger partial charge in [-0.3, -0.25) is 4.79 Å². The number of benzene rings is 1. The highest BCUT2D eigenvalue weighted by Crippen LogP contribution is 2.29. The fourth-order valence-corrected chi connectivity index (χ4v) is 1.82. The van der Waals surface area contributed by atoms with Crippen LogP contribution in [0.3, 0.4) is 0 Å². The quantitative estimate of drug-likeness (QED) is 0.814. The van der Waals surface area contributed by atoms with E-state index in [-0.39, 0.29) is 5.56 Å². The summed E-state index contributed by atoms with van der Waals surface area (Å²) in [5, 5.41) is 1.16. The zero-order chi connectivity index (χ0) is 10.8. The molecule has 0 aliphatic rings. The van der Waals surface area contributed by atoms with Crippen molar-refractivity contribution in [2.75, 3.05) is 0 Å². The van der Waals surface area contributed by atoms with Crippen LogP contribution in [0.4, 0.5) is 0 Å². The van der Waals surface area contributed by atoms with Gasteiger partial charge in [0.1, 0.15) is 0 Å². The van der Waals surface area contributed by atoms with Gasteiger partial charge in [0.15, 0.2) is 0 Å². The van der Waals surface area contributed by atoms with E-state index in [0.29, 0.717) is 10.0 Å². The molecule has 4 heteroatoms. The van der Waals surface area contributed by atoms with Crippen LogP contribution in [0.25, 0.3) is 11.1 Å². The van der Waals surface area contributed by atoms with Gasteiger partial charge in [-0.1, -0.05) is 29.3 Å². The maximum absolute atomic E-state index is 10.9. The largest absolute Gasteiger partial charge is 0.328 e. The fraction of sp³-hybridized carbons (Fsp3) is 0. The molecule has 0 aliphatic heterocycles. The Hall–Kier alpha value is -1.25. The second-order valence-corrected chi connectivity index (χ2v) is 3.91. The van der Waals surface area contributed by atoms with Crippen LogP contribution >= 0.6 is 23.2 Å². The molecule has 1 aromatic heterocycles. The molecule has 0 saturated carbocycles. The predicted molar refractivity (Wildman–Crippen MR) is 62.5 cm³/mol. The first-order chi connectivity index (χ1) is 7.16. The monoisotopic (exact) mass is 239 g/mol. The number of hydrogen-bond donors (Lipinski definition) is 1. The number of aromatic amines is 1. The van der Waals surface area contributed by atoms with E-state index in [1.165, 1.54) is 6.07 Å². The molecule has 0 radical (unpaired) electrons. The topological polar surface area (TPSA) is 32.9 Å². The molecule has 1 N–H and O–H groups in total. The van der Waals surface area contributed by atoms with Crippen molar-refractivity contribution < 1.29 is 0 Å². The van der Waals surface area contributed by atoms with Crippen molar-refractivity contribution in [2.45, 2.75) is 0 Å². The summed E-state index contributed by atoms with van der Waals surface area (Å²) < 4.78 is 0. The van der Waals surface area contributed by atoms with E-state index >= 15 is 0 Å². The molecule has 0 fully saturated rings. The maximum Gasteiger partial charge on any atom is 0.247 e. The Morgan fingerprint density at radius 1 is 1.07 bits per heavy atom. The van der Waals surface area contributed by atoms with Gasteiger partial charge in [0.25, 0.3) is 0 Å². The molecule has 0 saturated heterocycles. The van der Waals surface area contributed by atoms with Gasteiger partial charge in [-0.2, -0.15) is 0 Å². The van der Waals surface area contributed by atoms with Crippen LogP contribution in [0.5, 0.6) is 0 Å². The molecule has 76 valence electrons. The smallest absolute Gasteiger partial charge is 0.247 e. The molecular weight excluding hydrogens is 233 g/mol. The molecule has 0 amide bonds. The standard InChI is InChI=1S/C11H7Cl2NO/c12-8-2-3-9(10(13)5-8)7-1-4-11(15)14-6-7/h1-6H,(H,14,15). The van der Waals surface area contributed by atoms with Crippen molar-refractivity contribution in [3.05, 3.63) is 56.9 Å². The molecule has 15 heavy (non-hydrogen) atoms. The average Bonchev–Trinajstić information content (AvgIpc) is 2.20. The molecule has 1 heterocycles. The third-order valence-electron chi connectivity index (χ3n) is 2.03. The lowest BCUT2D eigenvalue weighted by Gasteiger charge is -2.03. The summed E-state index contributed by atoms with van der Waals surface area (Å²) in [5.41, 5.74) is 1.57. The van der Waals surface area contributed by atoms with Crippen LogP contribution in [-0.4, -0.2) is 4.98 Å². The average molecular weight is 240 g/mol. The highest BCUT2D eigenvalue weighted by Gasteiger charge is 2.03. The van der Waals surface area contributed by atoms with Gasteiger partial charge in [-0.05, 0) is 23.8 Å². The lowest BCUT2D eigenvalue weighted by Crippen LogP contribution is -2.01. The Kier molecular flexibility index (Phi) is 2.80. The Morgan fingerprint density at radius 2 is 1.87 bits per heavy atom. The minimum absolute atomic E-state index is 0.135. The number of pyridine rings is 1. The first-order valence-corrected chi connectivity index (χ1v) is 5.06. The molecule has 0 unspecified atom stereocenters. The van der Waals surface area contributed by atoms with Crippen molar-refractivity contribution in [3.63, 3.8) is 0 Å². The van der Waals surface area contributed by atoms with Gasteiger partial charge in [-0.15, -0.1) is 0 Å². The number of hydrogen-bond acceptors (Lipinski definition) is 1. The van der Waals surface area contributed by atoms with Crippen LogP contribution in [0.2, 0.25) is 10.0 Å². The van der Waals surface area contributed by atoms with Gasteiger partial charge in [0.2, 0.25) is 5.56 Å². The van der Waals surface area contributed by atoms with Gasteiger partial charge in [0, 0.05) is 27.9 Å². The summed E-state index contributed by atoms with van der Waals surface area (Å²) in [4.78, 5) is 13.5. The molecular formula is C11H7Cl2NO. The van der Waals surface area contributed by atoms with E-state index < -0.39 is 0 Å². The Labute approximate surface area is 96.5 Å². The first kappa shape index (κ1) is 10.3. The zero-order valence-electron chi connectivity index (χ0n) is 7.63. The number of halogens is 2. The van der Waals surface area contributed by atoms with E-state index in [9.17, 15) is 4.79 Å². The Bertz CT molecular complexity index is 528. The molecule has 2 nitrogen and oxygen atoms in total. The molecule has 2 rings (SSSR count).